The van der Waals surface area contributed by atoms with Crippen molar-refractivity contribution in [2.24, 2.45) is 0 Å². The SMILES string of the molecule is O=C([O-])C1=CC=CNO1.[Na+]. The quantitative estimate of drug-likeness (QED) is 0.383. The van der Waals surface area contributed by atoms with E-state index in [-0.39, 0.29) is 35.3 Å². The fourth-order valence-corrected chi connectivity index (χ4v) is 0.416. The van der Waals surface area contributed by atoms with Gasteiger partial charge in [-0.1, -0.05) is 0 Å². The third-order valence-corrected chi connectivity index (χ3v) is 0.782. The molecule has 1 rings (SSSR count). The Balaban J connectivity index is 0.000000810. The van der Waals surface area contributed by atoms with Gasteiger partial charge in [0.25, 0.3) is 0 Å². The van der Waals surface area contributed by atoms with Gasteiger partial charge in [-0.2, -0.15) is 0 Å². The number of rotatable bonds is 1. The van der Waals surface area contributed by atoms with Crippen LogP contribution in [-0.4, -0.2) is 5.97 Å². The second-order valence-corrected chi connectivity index (χ2v) is 1.40. The van der Waals surface area contributed by atoms with Gasteiger partial charge in [-0.05, 0) is 12.2 Å². The van der Waals surface area contributed by atoms with E-state index in [1.165, 1.54) is 18.4 Å². The molecule has 1 heterocycles. The summed E-state index contributed by atoms with van der Waals surface area (Å²) < 4.78 is 0. The van der Waals surface area contributed by atoms with Crippen molar-refractivity contribution in [2.75, 3.05) is 0 Å². The number of carbonyl (C=O) groups excluding carboxylic acids is 1. The first-order chi connectivity index (χ1) is 4.30. The fraction of sp³-hybridized carbons (Fsp3) is 0. The maximum atomic E-state index is 9.98. The molecule has 1 aliphatic rings. The van der Waals surface area contributed by atoms with Gasteiger partial charge >= 0.3 is 29.6 Å². The van der Waals surface area contributed by atoms with Crippen molar-refractivity contribution >= 4 is 5.97 Å². The van der Waals surface area contributed by atoms with Gasteiger partial charge in [0, 0.05) is 6.20 Å². The molecule has 0 aromatic rings. The normalized spacial score (nSPS) is 13.8. The molecule has 0 aromatic heterocycles. The van der Waals surface area contributed by atoms with Gasteiger partial charge in [-0.15, -0.1) is 0 Å². The number of hydrogen-bond donors (Lipinski definition) is 1. The summed E-state index contributed by atoms with van der Waals surface area (Å²) >= 11 is 0. The van der Waals surface area contributed by atoms with Crippen LogP contribution in [0.5, 0.6) is 0 Å². The molecule has 0 atom stereocenters. The zero-order chi connectivity index (χ0) is 6.69. The summed E-state index contributed by atoms with van der Waals surface area (Å²) in [5.74, 6) is -1.54. The molecule has 0 saturated heterocycles. The number of carbonyl (C=O) groups is 1. The Labute approximate surface area is 79.8 Å². The predicted molar refractivity (Wildman–Crippen MR) is 26.5 cm³/mol. The maximum Gasteiger partial charge on any atom is 1.00 e. The minimum Gasteiger partial charge on any atom is -0.541 e. The Morgan fingerprint density at radius 1 is 1.70 bits per heavy atom. The number of carboxylic acid groups (broad SMARTS) is 1. The summed E-state index contributed by atoms with van der Waals surface area (Å²) in [4.78, 5) is 14.4. The van der Waals surface area contributed by atoms with Crippen LogP contribution in [-0.2, 0) is 9.63 Å². The van der Waals surface area contributed by atoms with E-state index < -0.39 is 5.97 Å². The van der Waals surface area contributed by atoms with Gasteiger partial charge in [0.15, 0.2) is 5.76 Å². The minimum atomic E-state index is -1.33. The van der Waals surface area contributed by atoms with Crippen LogP contribution in [0.3, 0.4) is 0 Å². The number of carboxylic acids is 1. The average Bonchev–Trinajstić information content (AvgIpc) is 1.90. The number of hydrogen-bond acceptors (Lipinski definition) is 4. The Kier molecular flexibility index (Phi) is 4.18. The van der Waals surface area contributed by atoms with Gasteiger partial charge in [0.2, 0.25) is 0 Å². The second kappa shape index (κ2) is 4.38. The van der Waals surface area contributed by atoms with E-state index in [2.05, 4.69) is 10.3 Å². The number of nitrogens with one attached hydrogen (secondary N) is 1. The van der Waals surface area contributed by atoms with Gasteiger partial charge in [-0.25, -0.2) is 5.48 Å². The van der Waals surface area contributed by atoms with Crippen molar-refractivity contribution in [2.45, 2.75) is 0 Å². The summed E-state index contributed by atoms with van der Waals surface area (Å²) in [6.45, 7) is 0. The molecule has 10 heavy (non-hydrogen) atoms. The molecule has 0 unspecified atom stereocenters. The molecule has 0 fully saturated rings. The van der Waals surface area contributed by atoms with Crippen LogP contribution in [0.1, 0.15) is 0 Å². The first-order valence-corrected chi connectivity index (χ1v) is 2.31. The first-order valence-electron chi connectivity index (χ1n) is 2.31. The van der Waals surface area contributed by atoms with E-state index >= 15 is 0 Å². The smallest absolute Gasteiger partial charge is 0.541 e. The molecule has 4 nitrogen and oxygen atoms in total. The van der Waals surface area contributed by atoms with Crippen molar-refractivity contribution in [3.05, 3.63) is 24.1 Å². The molecule has 0 aliphatic carbocycles. The molecule has 5 heteroatoms. The Morgan fingerprint density at radius 2 is 2.40 bits per heavy atom. The molecule has 0 saturated carbocycles. The maximum absolute atomic E-state index is 9.98. The molecule has 0 aromatic carbocycles. The van der Waals surface area contributed by atoms with Crippen LogP contribution < -0.4 is 40.1 Å². The minimum absolute atomic E-state index is 0. The molecule has 1 N–H and O–H groups in total. The van der Waals surface area contributed by atoms with Crippen molar-refractivity contribution in [1.29, 1.82) is 0 Å². The fourth-order valence-electron chi connectivity index (χ4n) is 0.416. The van der Waals surface area contributed by atoms with E-state index in [1.54, 1.807) is 0 Å². The molecule has 48 valence electrons. The van der Waals surface area contributed by atoms with Crippen LogP contribution in [0, 0.1) is 0 Å². The summed E-state index contributed by atoms with van der Waals surface area (Å²) in [6, 6.07) is 0. The molecular weight excluding hydrogens is 145 g/mol. The van der Waals surface area contributed by atoms with Gasteiger partial charge in [0.1, 0.15) is 5.97 Å². The van der Waals surface area contributed by atoms with Gasteiger partial charge in [0.05, 0.1) is 0 Å². The van der Waals surface area contributed by atoms with Crippen LogP contribution in [0.15, 0.2) is 24.1 Å². The molecule has 0 spiro atoms. The number of hydroxylamine groups is 1. The van der Waals surface area contributed by atoms with Gasteiger partial charge < -0.3 is 14.7 Å². The zero-order valence-electron chi connectivity index (χ0n) is 5.46. The topological polar surface area (TPSA) is 61.4 Å². The van der Waals surface area contributed by atoms with E-state index in [4.69, 9.17) is 0 Å². The van der Waals surface area contributed by atoms with Crippen LogP contribution in [0.4, 0.5) is 0 Å². The molecule has 1 aliphatic heterocycles. The average molecular weight is 149 g/mol. The summed E-state index contributed by atoms with van der Waals surface area (Å²) in [5.41, 5.74) is 2.25. The summed E-state index contributed by atoms with van der Waals surface area (Å²) in [5, 5.41) is 9.98. The monoisotopic (exact) mass is 149 g/mol. The van der Waals surface area contributed by atoms with Gasteiger partial charge in [-0.3, -0.25) is 0 Å². The van der Waals surface area contributed by atoms with E-state index in [9.17, 15) is 9.90 Å². The van der Waals surface area contributed by atoms with Crippen molar-refractivity contribution < 1.29 is 44.3 Å². The Morgan fingerprint density at radius 3 is 2.70 bits per heavy atom. The van der Waals surface area contributed by atoms with E-state index in [0.29, 0.717) is 0 Å². The zero-order valence-corrected chi connectivity index (χ0v) is 7.46. The first kappa shape index (κ1) is 9.55. The number of allylic oxidation sites excluding steroid dienone is 2. The van der Waals surface area contributed by atoms with Crippen LogP contribution >= 0.6 is 0 Å². The third-order valence-electron chi connectivity index (χ3n) is 0.782. The van der Waals surface area contributed by atoms with E-state index in [0.717, 1.165) is 0 Å². The third kappa shape index (κ3) is 2.43. The van der Waals surface area contributed by atoms with E-state index in [1.807, 2.05) is 0 Å². The Bertz CT molecular complexity index is 187. The Hall–Kier alpha value is -0.450. The van der Waals surface area contributed by atoms with Crippen LogP contribution in [0.2, 0.25) is 0 Å². The summed E-state index contributed by atoms with van der Waals surface area (Å²) in [6.07, 6.45) is 4.27. The summed E-state index contributed by atoms with van der Waals surface area (Å²) in [7, 11) is 0. The van der Waals surface area contributed by atoms with Crippen molar-refractivity contribution in [3.63, 3.8) is 0 Å². The largest absolute Gasteiger partial charge is 1.00 e. The second-order valence-electron chi connectivity index (χ2n) is 1.40. The molecule has 0 amide bonds. The van der Waals surface area contributed by atoms with Crippen molar-refractivity contribution in [1.82, 2.24) is 5.48 Å². The standard InChI is InChI=1S/C5H5NO3.Na/c7-5(8)4-2-1-3-6-9-4;/h1-3,6H,(H,7,8);/q;+1/p-1. The van der Waals surface area contributed by atoms with Crippen LogP contribution in [0.25, 0.3) is 0 Å². The molecule has 0 bridgehead atoms. The molecular formula is C5H4NNaO3. The number of aliphatic carboxylic acids is 1. The predicted octanol–water partition coefficient (Wildman–Crippen LogP) is -4.33. The van der Waals surface area contributed by atoms with Crippen molar-refractivity contribution in [3.8, 4) is 0 Å². The molecule has 0 radical (unpaired) electrons.